The van der Waals surface area contributed by atoms with Crippen molar-refractivity contribution in [3.63, 3.8) is 0 Å². The molecule has 29 heteroatoms. The Balaban J connectivity index is 1.63. The second-order valence-electron chi connectivity index (χ2n) is 21.8. The van der Waals surface area contributed by atoms with E-state index in [1.165, 1.54) is 6.92 Å². The number of unbranched alkanes of at least 4 members (excludes halogenated alkanes) is 1. The summed E-state index contributed by atoms with van der Waals surface area (Å²) in [6.07, 6.45) is -2.55. The van der Waals surface area contributed by atoms with Crippen molar-refractivity contribution in [1.82, 2.24) is 47.9 Å². The number of nitrogens with two attached hydrogens (primary N) is 4. The topological polar surface area (TPSA) is 473 Å². The molecule has 18 N–H and O–H groups in total. The normalized spacial score (nSPS) is 13.4. The predicted octanol–water partition coefficient (Wildman–Crippen LogP) is -2.38. The van der Waals surface area contributed by atoms with Crippen molar-refractivity contribution in [2.75, 3.05) is 39.5 Å². The number of nitrogens with one attached hydrogen (secondary N) is 9. The summed E-state index contributed by atoms with van der Waals surface area (Å²) in [4.78, 5) is 175. The van der Waals surface area contributed by atoms with Crippen LogP contribution in [0.5, 0.6) is 0 Å². The third-order valence-corrected chi connectivity index (χ3v) is 14.1. The van der Waals surface area contributed by atoms with Crippen LogP contribution < -0.4 is 70.8 Å². The van der Waals surface area contributed by atoms with Crippen LogP contribution in [-0.2, 0) is 97.5 Å². The minimum Gasteiger partial charge on any atom is -0.481 e. The average molecular weight is 1290 g/mol. The van der Waals surface area contributed by atoms with Crippen LogP contribution >= 0.6 is 0 Å². The molecule has 0 aromatic heterocycles. The molecular formula is C64H85N13O16. The minimum atomic E-state index is -1.81. The Morgan fingerprint density at radius 1 is 0.387 bits per heavy atom. The highest BCUT2D eigenvalue weighted by Crippen LogP contribution is 2.13. The zero-order valence-electron chi connectivity index (χ0n) is 51.8. The molecule has 0 unspecified atom stereocenters. The van der Waals surface area contributed by atoms with Crippen molar-refractivity contribution in [3.05, 3.63) is 144 Å². The number of rotatable bonds is 44. The van der Waals surface area contributed by atoms with Gasteiger partial charge in [0.1, 0.15) is 54.9 Å². The van der Waals surface area contributed by atoms with Gasteiger partial charge in [-0.3, -0.25) is 62.3 Å². The Kier molecular flexibility index (Phi) is 33.4. The van der Waals surface area contributed by atoms with Crippen LogP contribution in [0, 0.1) is 0 Å². The minimum absolute atomic E-state index is 0.0112. The maximum atomic E-state index is 14.7. The first-order valence-corrected chi connectivity index (χ1v) is 30.3. The van der Waals surface area contributed by atoms with Crippen LogP contribution in [0.1, 0.15) is 80.5 Å². The second kappa shape index (κ2) is 41.3. The van der Waals surface area contributed by atoms with Crippen LogP contribution in [0.15, 0.2) is 121 Å². The Bertz CT molecular complexity index is 3110. The van der Waals surface area contributed by atoms with Gasteiger partial charge in [-0.2, -0.15) is 0 Å². The van der Waals surface area contributed by atoms with Gasteiger partial charge < -0.3 is 85.4 Å². The van der Waals surface area contributed by atoms with E-state index >= 15 is 0 Å². The molecule has 0 heterocycles. The summed E-state index contributed by atoms with van der Waals surface area (Å²) in [5, 5.41) is 32.9. The zero-order chi connectivity index (χ0) is 68.1. The molecule has 0 bridgehead atoms. The molecule has 4 aromatic carbocycles. The quantitative estimate of drug-likeness (QED) is 0.0206. The van der Waals surface area contributed by atoms with Crippen molar-refractivity contribution in [3.8, 4) is 0 Å². The van der Waals surface area contributed by atoms with Gasteiger partial charge in [-0.15, -0.1) is 0 Å². The Morgan fingerprint density at radius 3 is 1.10 bits per heavy atom. The van der Waals surface area contributed by atoms with Gasteiger partial charge in [-0.25, -0.2) is 0 Å². The molecule has 29 nitrogen and oxygen atoms in total. The second-order valence-corrected chi connectivity index (χ2v) is 21.8. The Hall–Kier alpha value is -10.1. The fourth-order valence-corrected chi connectivity index (χ4v) is 9.41. The number of carboxylic acid groups (broad SMARTS) is 1. The highest BCUT2D eigenvalue weighted by molar-refractivity contribution is 5.99. The van der Waals surface area contributed by atoms with E-state index in [0.29, 0.717) is 41.6 Å². The number of carbonyl (C=O) groups is 13. The predicted molar refractivity (Wildman–Crippen MR) is 338 cm³/mol. The Labute approximate surface area is 538 Å². The maximum Gasteiger partial charge on any atom is 0.303 e. The van der Waals surface area contributed by atoms with Gasteiger partial charge in [0.25, 0.3) is 0 Å². The van der Waals surface area contributed by atoms with Gasteiger partial charge in [-0.1, -0.05) is 121 Å². The lowest BCUT2D eigenvalue weighted by Gasteiger charge is -2.28. The summed E-state index contributed by atoms with van der Waals surface area (Å²) in [6.45, 7) is 1.41. The monoisotopic (exact) mass is 1290 g/mol. The summed E-state index contributed by atoms with van der Waals surface area (Å²) in [6, 6.07) is 21.4. The SMILES string of the molecule is CC(=O)N[C@@H](Cc1ccccc1)C(=O)N[C@@H](CCC(=O)O)C(=O)N[C@@H](Cc1ccccc1)C(=O)N[C@@H](CCC(N)=O)C(=O)N[C@@H](Cc1ccccc1)C(=O)N[C@@H](CC(N)=O)C(=O)N[C@@H](Cc1ccccc1)C(=O)N[C@@H](CCCCN)C(=O)NCCOCCOCC(N)=O. The van der Waals surface area contributed by atoms with Gasteiger partial charge in [0.2, 0.25) is 70.9 Å². The molecule has 12 amide bonds. The first-order chi connectivity index (χ1) is 44.5. The number of ether oxygens (including phenoxy) is 2. The number of aliphatic carboxylic acids is 1. The third-order valence-electron chi connectivity index (χ3n) is 14.1. The summed E-state index contributed by atoms with van der Waals surface area (Å²) >= 11 is 0. The molecule has 0 saturated heterocycles. The fraction of sp³-hybridized carbons (Fsp3) is 0.422. The molecule has 0 radical (unpaired) electrons. The maximum absolute atomic E-state index is 14.7. The first-order valence-electron chi connectivity index (χ1n) is 30.3. The molecule has 0 aliphatic heterocycles. The molecule has 502 valence electrons. The molecule has 0 fully saturated rings. The van der Waals surface area contributed by atoms with Gasteiger partial charge in [0.05, 0.1) is 26.2 Å². The molecular weight excluding hydrogens is 1210 g/mol. The summed E-state index contributed by atoms with van der Waals surface area (Å²) in [5.74, 6) is -12.0. The molecule has 93 heavy (non-hydrogen) atoms. The lowest BCUT2D eigenvalue weighted by Crippen LogP contribution is -2.61. The van der Waals surface area contributed by atoms with Crippen molar-refractivity contribution in [1.29, 1.82) is 0 Å². The standard InChI is InChI=1S/C64H85N13O16/c1-40(78)70-48(34-41-16-6-2-7-17-41)60(87)73-47(26-28-56(82)83)59(86)74-49(35-42-18-8-3-9-19-42)62(89)72-46(25-27-53(66)79)58(85)75-51(37-44-22-12-5-13-23-44)63(90)77-52(38-54(67)80)64(91)76-50(36-43-20-10-4-11-21-43)61(88)71-45(24-14-15-29-65)57(84)69-30-31-92-32-33-93-39-55(68)81/h2-13,16-23,45-52H,14-15,24-39,65H2,1H3,(H2,66,79)(H2,67,80)(H2,68,81)(H,69,84)(H,70,78)(H,71,88)(H,72,89)(H,73,87)(H,74,86)(H,75,85)(H,76,91)(H,77,90)(H,82,83)/t45-,46-,47-,48-,49-,50-,51-,52-/m0/s1. The van der Waals surface area contributed by atoms with Gasteiger partial charge in [0, 0.05) is 52.0 Å². The number of benzene rings is 4. The van der Waals surface area contributed by atoms with Gasteiger partial charge >= 0.3 is 5.97 Å². The largest absolute Gasteiger partial charge is 0.481 e. The van der Waals surface area contributed by atoms with Crippen molar-refractivity contribution in [2.24, 2.45) is 22.9 Å². The first kappa shape index (κ1) is 75.3. The number of hydrogen-bond acceptors (Lipinski definition) is 16. The van der Waals surface area contributed by atoms with E-state index < -0.39 is 157 Å². The summed E-state index contributed by atoms with van der Waals surface area (Å²) < 4.78 is 10.5. The van der Waals surface area contributed by atoms with Crippen LogP contribution in [0.2, 0.25) is 0 Å². The third kappa shape index (κ3) is 30.0. The molecule has 0 aliphatic rings. The number of carboxylic acids is 1. The molecule has 0 spiro atoms. The zero-order valence-corrected chi connectivity index (χ0v) is 51.8. The summed E-state index contributed by atoms with van der Waals surface area (Å²) in [7, 11) is 0. The molecule has 4 aromatic rings. The highest BCUT2D eigenvalue weighted by Gasteiger charge is 2.36. The lowest BCUT2D eigenvalue weighted by molar-refractivity contribution is -0.138. The van der Waals surface area contributed by atoms with E-state index in [0.717, 1.165) is 0 Å². The van der Waals surface area contributed by atoms with E-state index in [9.17, 15) is 67.4 Å². The van der Waals surface area contributed by atoms with Crippen molar-refractivity contribution < 1.29 is 76.9 Å². The van der Waals surface area contributed by atoms with Crippen molar-refractivity contribution in [2.45, 2.75) is 132 Å². The van der Waals surface area contributed by atoms with Gasteiger partial charge in [-0.05, 0) is 60.9 Å². The lowest BCUT2D eigenvalue weighted by atomic mass is 10.0. The van der Waals surface area contributed by atoms with Crippen LogP contribution in [0.3, 0.4) is 0 Å². The number of amides is 12. The van der Waals surface area contributed by atoms with E-state index in [1.807, 2.05) is 0 Å². The van der Waals surface area contributed by atoms with E-state index in [2.05, 4.69) is 47.9 Å². The van der Waals surface area contributed by atoms with E-state index in [-0.39, 0.29) is 65.1 Å². The molecule has 4 rings (SSSR count). The smallest absolute Gasteiger partial charge is 0.303 e. The van der Waals surface area contributed by atoms with Crippen molar-refractivity contribution >= 4 is 76.9 Å². The van der Waals surface area contributed by atoms with Crippen LogP contribution in [0.25, 0.3) is 0 Å². The average Bonchev–Trinajstić information content (AvgIpc) is 1.31. The Morgan fingerprint density at radius 2 is 0.731 bits per heavy atom. The van der Waals surface area contributed by atoms with E-state index in [4.69, 9.17) is 32.4 Å². The molecule has 0 saturated carbocycles. The van der Waals surface area contributed by atoms with E-state index in [1.54, 1.807) is 121 Å². The van der Waals surface area contributed by atoms with Crippen LogP contribution in [-0.4, -0.2) is 170 Å². The highest BCUT2D eigenvalue weighted by atomic mass is 16.5. The number of hydrogen-bond donors (Lipinski definition) is 14. The van der Waals surface area contributed by atoms with Gasteiger partial charge in [0.15, 0.2) is 0 Å². The number of carbonyl (C=O) groups excluding carboxylic acids is 12. The number of primary amides is 3. The molecule has 8 atom stereocenters. The fourth-order valence-electron chi connectivity index (χ4n) is 9.41. The van der Waals surface area contributed by atoms with Crippen LogP contribution in [0.4, 0.5) is 0 Å². The molecule has 0 aliphatic carbocycles. The summed E-state index contributed by atoms with van der Waals surface area (Å²) in [5.41, 5.74) is 24.2.